The van der Waals surface area contributed by atoms with Gasteiger partial charge in [-0.05, 0) is 33.2 Å². The van der Waals surface area contributed by atoms with E-state index in [0.29, 0.717) is 13.1 Å². The number of azide groups is 1. The van der Waals surface area contributed by atoms with Crippen LogP contribution in [0.25, 0.3) is 10.4 Å². The molecule has 0 aliphatic carbocycles. The maximum Gasteiger partial charge on any atom is 0.138 e. The Morgan fingerprint density at radius 3 is 1.85 bits per heavy atom. The van der Waals surface area contributed by atoms with Gasteiger partial charge in [-0.1, -0.05) is 15.4 Å². The van der Waals surface area contributed by atoms with E-state index >= 15 is 0 Å². The molecule has 0 bridgehead atoms. The van der Waals surface area contributed by atoms with Crippen LogP contribution in [0.3, 0.4) is 0 Å². The highest BCUT2D eigenvalue weighted by atomic mass is 16.5. The normalized spacial score (nSPS) is 9.65. The van der Waals surface area contributed by atoms with Crippen molar-refractivity contribution in [2.45, 2.75) is 40.8 Å². The molecule has 0 aliphatic rings. The number of hydrogen-bond acceptors (Lipinski definition) is 6. The minimum Gasteiger partial charge on any atom is -0.361 e. The van der Waals surface area contributed by atoms with Crippen molar-refractivity contribution in [2.24, 2.45) is 10.8 Å². The van der Waals surface area contributed by atoms with E-state index in [4.69, 9.17) is 20.3 Å². The van der Waals surface area contributed by atoms with Crippen molar-refractivity contribution in [2.75, 3.05) is 0 Å². The van der Waals surface area contributed by atoms with Gasteiger partial charge in [0.2, 0.25) is 0 Å². The van der Waals surface area contributed by atoms with Crippen LogP contribution in [0.5, 0.6) is 0 Å². The fourth-order valence-corrected chi connectivity index (χ4v) is 1.62. The molecule has 2 rings (SSSR count). The maximum absolute atomic E-state index is 8.05. The molecule has 0 radical (unpaired) electrons. The quantitative estimate of drug-likeness (QED) is 0.524. The first-order valence-corrected chi connectivity index (χ1v) is 6.05. The smallest absolute Gasteiger partial charge is 0.138 e. The van der Waals surface area contributed by atoms with Crippen LogP contribution in [0.4, 0.5) is 0 Å². The van der Waals surface area contributed by atoms with E-state index in [9.17, 15) is 0 Å². The van der Waals surface area contributed by atoms with Crippen molar-refractivity contribution in [1.82, 2.24) is 10.3 Å². The molecule has 108 valence electrons. The molecule has 0 spiro atoms. The third-order valence-corrected chi connectivity index (χ3v) is 2.86. The SMILES string of the molecule is Cc1noc(C)c1CN.Cc1noc(C)c1CN=[N+]=[N-]. The lowest BCUT2D eigenvalue weighted by molar-refractivity contribution is 0.392. The predicted molar refractivity (Wildman–Crippen MR) is 72.7 cm³/mol. The lowest BCUT2D eigenvalue weighted by atomic mass is 10.2. The van der Waals surface area contributed by atoms with Crippen molar-refractivity contribution < 1.29 is 9.05 Å². The second kappa shape index (κ2) is 7.32. The van der Waals surface area contributed by atoms with Gasteiger partial charge in [0.1, 0.15) is 11.5 Å². The van der Waals surface area contributed by atoms with E-state index in [-0.39, 0.29) is 0 Å². The lowest BCUT2D eigenvalue weighted by Crippen LogP contribution is -1.97. The van der Waals surface area contributed by atoms with Gasteiger partial charge in [-0.3, -0.25) is 0 Å². The molecule has 8 heteroatoms. The molecule has 2 aromatic rings. The summed E-state index contributed by atoms with van der Waals surface area (Å²) in [5.74, 6) is 1.55. The van der Waals surface area contributed by atoms with Crippen molar-refractivity contribution in [3.63, 3.8) is 0 Å². The maximum atomic E-state index is 8.05. The largest absolute Gasteiger partial charge is 0.361 e. The number of nitrogens with two attached hydrogens (primary N) is 1. The van der Waals surface area contributed by atoms with Gasteiger partial charge in [-0.15, -0.1) is 0 Å². The third-order valence-electron chi connectivity index (χ3n) is 2.86. The summed E-state index contributed by atoms with van der Waals surface area (Å²) in [4.78, 5) is 2.65. The first-order chi connectivity index (χ1) is 9.51. The van der Waals surface area contributed by atoms with Gasteiger partial charge in [0.25, 0.3) is 0 Å². The number of hydrogen-bond donors (Lipinski definition) is 1. The minimum atomic E-state index is 0.317. The molecule has 2 heterocycles. The molecule has 0 fully saturated rings. The molecule has 0 unspecified atom stereocenters. The highest BCUT2D eigenvalue weighted by Crippen LogP contribution is 2.12. The number of rotatable bonds is 3. The van der Waals surface area contributed by atoms with Crippen molar-refractivity contribution in [3.8, 4) is 0 Å². The fourth-order valence-electron chi connectivity index (χ4n) is 1.62. The second-order valence-corrected chi connectivity index (χ2v) is 4.20. The third kappa shape index (κ3) is 3.84. The molecule has 0 atom stereocenters. The summed E-state index contributed by atoms with van der Waals surface area (Å²) >= 11 is 0. The number of aromatic nitrogens is 2. The van der Waals surface area contributed by atoms with Gasteiger partial charge in [0.15, 0.2) is 0 Å². The van der Waals surface area contributed by atoms with E-state index in [1.54, 1.807) is 6.92 Å². The van der Waals surface area contributed by atoms with Crippen molar-refractivity contribution >= 4 is 0 Å². The summed E-state index contributed by atoms with van der Waals surface area (Å²) in [5, 5.41) is 10.9. The summed E-state index contributed by atoms with van der Waals surface area (Å²) in [6, 6.07) is 0. The molecule has 0 saturated carbocycles. The Balaban J connectivity index is 0.000000204. The zero-order valence-electron chi connectivity index (χ0n) is 12.0. The second-order valence-electron chi connectivity index (χ2n) is 4.20. The van der Waals surface area contributed by atoms with Gasteiger partial charge in [-0.2, -0.15) is 0 Å². The molecule has 20 heavy (non-hydrogen) atoms. The Labute approximate surface area is 116 Å². The Hall–Kier alpha value is -2.31. The number of aryl methyl sites for hydroxylation is 4. The average molecular weight is 278 g/mol. The molecular formula is C12H18N6O2. The summed E-state index contributed by atoms with van der Waals surface area (Å²) in [6.07, 6.45) is 0. The van der Waals surface area contributed by atoms with E-state index in [1.165, 1.54) is 0 Å². The Morgan fingerprint density at radius 1 is 1.05 bits per heavy atom. The molecule has 2 aromatic heterocycles. The standard InChI is InChI=1S/C6H8N4O.C6H10N2O/c1-4-6(3-8-10-7)5(2)11-9-4;1-4-6(3-7)5(2)9-8-4/h3H2,1-2H3;3,7H2,1-2H3. The van der Waals surface area contributed by atoms with Crippen LogP contribution in [0.1, 0.15) is 34.0 Å². The fraction of sp³-hybridized carbons (Fsp3) is 0.500. The van der Waals surface area contributed by atoms with Crippen LogP contribution in [-0.2, 0) is 13.1 Å². The average Bonchev–Trinajstić information content (AvgIpc) is 2.92. The first kappa shape index (κ1) is 15.7. The molecule has 2 N–H and O–H groups in total. The van der Waals surface area contributed by atoms with Crippen LogP contribution in [-0.4, -0.2) is 10.3 Å². The van der Waals surface area contributed by atoms with E-state index in [0.717, 1.165) is 34.0 Å². The molecule has 8 nitrogen and oxygen atoms in total. The first-order valence-electron chi connectivity index (χ1n) is 6.05. The molecule has 0 amide bonds. The van der Waals surface area contributed by atoms with Gasteiger partial charge >= 0.3 is 0 Å². The van der Waals surface area contributed by atoms with Gasteiger partial charge in [0, 0.05) is 22.6 Å². The monoisotopic (exact) mass is 278 g/mol. The van der Waals surface area contributed by atoms with Crippen LogP contribution < -0.4 is 5.73 Å². The van der Waals surface area contributed by atoms with Crippen LogP contribution in [0, 0.1) is 27.7 Å². The Kier molecular flexibility index (Phi) is 5.76. The summed E-state index contributed by atoms with van der Waals surface area (Å²) in [6.45, 7) is 8.20. The highest BCUT2D eigenvalue weighted by Gasteiger charge is 2.06. The van der Waals surface area contributed by atoms with E-state index in [1.807, 2.05) is 20.8 Å². The summed E-state index contributed by atoms with van der Waals surface area (Å²) in [7, 11) is 0. The summed E-state index contributed by atoms with van der Waals surface area (Å²) < 4.78 is 9.72. The molecular weight excluding hydrogens is 260 g/mol. The van der Waals surface area contributed by atoms with Gasteiger partial charge in [-0.25, -0.2) is 0 Å². The van der Waals surface area contributed by atoms with Crippen LogP contribution >= 0.6 is 0 Å². The van der Waals surface area contributed by atoms with Crippen molar-refractivity contribution in [1.29, 1.82) is 0 Å². The summed E-state index contributed by atoms with van der Waals surface area (Å²) in [5.41, 5.74) is 17.0. The van der Waals surface area contributed by atoms with Gasteiger partial charge in [0.05, 0.1) is 17.9 Å². The zero-order chi connectivity index (χ0) is 15.1. The Bertz CT molecular complexity index is 570. The van der Waals surface area contributed by atoms with Crippen LogP contribution in [0.2, 0.25) is 0 Å². The highest BCUT2D eigenvalue weighted by molar-refractivity contribution is 5.20. The topological polar surface area (TPSA) is 127 Å². The lowest BCUT2D eigenvalue weighted by Gasteiger charge is -1.88. The van der Waals surface area contributed by atoms with E-state index in [2.05, 4.69) is 20.3 Å². The zero-order valence-corrected chi connectivity index (χ0v) is 12.0. The van der Waals surface area contributed by atoms with Crippen molar-refractivity contribution in [3.05, 3.63) is 44.5 Å². The van der Waals surface area contributed by atoms with E-state index < -0.39 is 0 Å². The molecule has 0 aromatic carbocycles. The van der Waals surface area contributed by atoms with Gasteiger partial charge < -0.3 is 14.8 Å². The molecule has 0 aliphatic heterocycles. The Morgan fingerprint density at radius 2 is 1.55 bits per heavy atom. The molecule has 0 saturated heterocycles. The predicted octanol–water partition coefficient (Wildman–Crippen LogP) is 2.85. The number of nitrogens with zero attached hydrogens (tertiary/aromatic N) is 5. The van der Waals surface area contributed by atoms with Crippen LogP contribution in [0.15, 0.2) is 14.2 Å². The minimum absolute atomic E-state index is 0.317.